The molecule has 2 aromatic heterocycles. The standard InChI is InChI=1S/C26H19F3N4O4S/c1-36-17-10-6-5-9-14(17)16-12-18(37-33-16)24(35)32-21-20-15(13-7-3-2-4-8-13)11-19(26(27,28)29)31-25(20)38-22(21)23(30)34/h2-11,18H,12H2,1H3,(H2,30,34)(H,32,35). The molecule has 1 aliphatic heterocycles. The van der Waals surface area contributed by atoms with Crippen molar-refractivity contribution in [2.24, 2.45) is 10.9 Å². The number of halogens is 3. The lowest BCUT2D eigenvalue weighted by Crippen LogP contribution is -2.29. The minimum absolute atomic E-state index is 0.0306. The number of alkyl halides is 3. The maximum atomic E-state index is 13.7. The molecule has 1 unspecified atom stereocenters. The first-order valence-corrected chi connectivity index (χ1v) is 12.1. The Morgan fingerprint density at radius 1 is 1.11 bits per heavy atom. The average molecular weight is 541 g/mol. The van der Waals surface area contributed by atoms with Crippen LogP contribution in [0, 0.1) is 0 Å². The van der Waals surface area contributed by atoms with Crippen LogP contribution in [0.3, 0.4) is 0 Å². The Kier molecular flexibility index (Phi) is 6.49. The number of para-hydroxylation sites is 1. The lowest BCUT2D eigenvalue weighted by Gasteiger charge is -2.14. The topological polar surface area (TPSA) is 116 Å². The minimum atomic E-state index is -4.73. The zero-order valence-corrected chi connectivity index (χ0v) is 20.5. The van der Waals surface area contributed by atoms with Crippen LogP contribution in [0.15, 0.2) is 65.8 Å². The number of nitrogens with one attached hydrogen (secondary N) is 1. The van der Waals surface area contributed by atoms with Crippen LogP contribution in [-0.4, -0.2) is 35.7 Å². The molecule has 8 nitrogen and oxygen atoms in total. The summed E-state index contributed by atoms with van der Waals surface area (Å²) in [5.41, 5.74) is 6.10. The van der Waals surface area contributed by atoms with Crippen LogP contribution >= 0.6 is 11.3 Å². The molecular weight excluding hydrogens is 521 g/mol. The molecule has 3 heterocycles. The Balaban J connectivity index is 1.55. The van der Waals surface area contributed by atoms with E-state index >= 15 is 0 Å². The van der Waals surface area contributed by atoms with E-state index in [1.54, 1.807) is 54.6 Å². The number of thiophene rings is 1. The van der Waals surface area contributed by atoms with Gasteiger partial charge in [-0.2, -0.15) is 13.2 Å². The van der Waals surface area contributed by atoms with E-state index in [0.29, 0.717) is 33.9 Å². The highest BCUT2D eigenvalue weighted by Crippen LogP contribution is 2.43. The van der Waals surface area contributed by atoms with Crippen molar-refractivity contribution in [1.29, 1.82) is 0 Å². The Hall–Kier alpha value is -4.45. The van der Waals surface area contributed by atoms with Crippen molar-refractivity contribution in [3.63, 3.8) is 0 Å². The maximum Gasteiger partial charge on any atom is 0.433 e. The molecule has 0 spiro atoms. The summed E-state index contributed by atoms with van der Waals surface area (Å²) in [5.74, 6) is -1.02. The van der Waals surface area contributed by atoms with Gasteiger partial charge in [0.05, 0.1) is 18.5 Å². The van der Waals surface area contributed by atoms with Gasteiger partial charge in [-0.3, -0.25) is 9.59 Å². The third-order valence-corrected chi connectivity index (χ3v) is 6.99. The Morgan fingerprint density at radius 2 is 1.82 bits per heavy atom. The van der Waals surface area contributed by atoms with Gasteiger partial charge < -0.3 is 20.6 Å². The monoisotopic (exact) mass is 540 g/mol. The number of nitrogens with zero attached hydrogens (tertiary/aromatic N) is 2. The molecule has 1 aliphatic rings. The number of anilines is 1. The third-order valence-electron chi connectivity index (χ3n) is 5.89. The average Bonchev–Trinajstić information content (AvgIpc) is 3.54. The van der Waals surface area contributed by atoms with E-state index in [2.05, 4.69) is 15.5 Å². The van der Waals surface area contributed by atoms with Crippen LogP contribution in [0.1, 0.15) is 27.3 Å². The fourth-order valence-electron chi connectivity index (χ4n) is 4.15. The van der Waals surface area contributed by atoms with Crippen molar-refractivity contribution in [3.05, 3.63) is 76.8 Å². The van der Waals surface area contributed by atoms with Gasteiger partial charge in [0.1, 0.15) is 21.2 Å². The summed E-state index contributed by atoms with van der Waals surface area (Å²) in [4.78, 5) is 34.4. The van der Waals surface area contributed by atoms with Crippen molar-refractivity contribution >= 4 is 44.8 Å². The van der Waals surface area contributed by atoms with E-state index in [1.807, 2.05) is 0 Å². The van der Waals surface area contributed by atoms with Crippen molar-refractivity contribution in [2.45, 2.75) is 18.7 Å². The third kappa shape index (κ3) is 4.65. The quantitative estimate of drug-likeness (QED) is 0.348. The Bertz CT molecular complexity index is 1580. The van der Waals surface area contributed by atoms with Crippen LogP contribution < -0.4 is 15.8 Å². The summed E-state index contributed by atoms with van der Waals surface area (Å²) in [6, 6.07) is 16.3. The van der Waals surface area contributed by atoms with Gasteiger partial charge in [0.2, 0.25) is 6.10 Å². The van der Waals surface area contributed by atoms with Crippen molar-refractivity contribution in [3.8, 4) is 16.9 Å². The van der Waals surface area contributed by atoms with E-state index in [0.717, 1.165) is 6.07 Å². The number of hydrogen-bond acceptors (Lipinski definition) is 7. The van der Waals surface area contributed by atoms with E-state index in [-0.39, 0.29) is 32.8 Å². The van der Waals surface area contributed by atoms with E-state index in [9.17, 15) is 22.8 Å². The van der Waals surface area contributed by atoms with Gasteiger partial charge in [-0.25, -0.2) is 4.98 Å². The first kappa shape index (κ1) is 25.2. The summed E-state index contributed by atoms with van der Waals surface area (Å²) in [6.07, 6.45) is -5.70. The fraction of sp³-hybridized carbons (Fsp3) is 0.154. The highest BCUT2D eigenvalue weighted by atomic mass is 32.1. The number of carbonyl (C=O) groups excluding carboxylic acids is 2. The van der Waals surface area contributed by atoms with Gasteiger partial charge in [-0.1, -0.05) is 47.6 Å². The van der Waals surface area contributed by atoms with E-state index in [1.165, 1.54) is 7.11 Å². The van der Waals surface area contributed by atoms with Crippen LogP contribution in [0.2, 0.25) is 0 Å². The van der Waals surface area contributed by atoms with Gasteiger partial charge in [0.25, 0.3) is 11.8 Å². The minimum Gasteiger partial charge on any atom is -0.496 e. The number of hydrogen-bond donors (Lipinski definition) is 2. The number of fused-ring (bicyclic) bond motifs is 1. The van der Waals surface area contributed by atoms with Gasteiger partial charge in [0, 0.05) is 17.4 Å². The molecule has 38 heavy (non-hydrogen) atoms. The van der Waals surface area contributed by atoms with Gasteiger partial charge in [-0.15, -0.1) is 11.3 Å². The van der Waals surface area contributed by atoms with Crippen LogP contribution in [-0.2, 0) is 15.8 Å². The van der Waals surface area contributed by atoms with Crippen LogP contribution in [0.25, 0.3) is 21.3 Å². The van der Waals surface area contributed by atoms with Crippen molar-refractivity contribution in [1.82, 2.24) is 4.98 Å². The predicted molar refractivity (Wildman–Crippen MR) is 136 cm³/mol. The Labute approximate surface area is 217 Å². The number of aromatic nitrogens is 1. The number of amides is 2. The predicted octanol–water partition coefficient (Wildman–Crippen LogP) is 5.22. The summed E-state index contributed by atoms with van der Waals surface area (Å²) in [5, 5.41) is 6.83. The highest BCUT2D eigenvalue weighted by molar-refractivity contribution is 7.21. The number of ether oxygens (including phenoxy) is 1. The molecule has 194 valence electrons. The Morgan fingerprint density at radius 3 is 2.50 bits per heavy atom. The molecule has 12 heteroatoms. The number of rotatable bonds is 6. The number of primary amides is 1. The molecule has 0 aliphatic carbocycles. The first-order chi connectivity index (χ1) is 18.2. The number of nitrogens with two attached hydrogens (primary N) is 1. The molecular formula is C26H19F3N4O4S. The van der Waals surface area contributed by atoms with Crippen LogP contribution in [0.4, 0.5) is 18.9 Å². The zero-order valence-electron chi connectivity index (χ0n) is 19.7. The largest absolute Gasteiger partial charge is 0.496 e. The van der Waals surface area contributed by atoms with Gasteiger partial charge in [-0.05, 0) is 29.3 Å². The molecule has 4 aromatic rings. The SMILES string of the molecule is COc1ccccc1C1=NOC(C(=O)Nc2c(C(N)=O)sc3nc(C(F)(F)F)cc(-c4ccccc4)c23)C1. The van der Waals surface area contributed by atoms with E-state index in [4.69, 9.17) is 15.3 Å². The molecule has 0 fully saturated rings. The fourth-order valence-corrected chi connectivity index (χ4v) is 5.15. The van der Waals surface area contributed by atoms with Crippen molar-refractivity contribution < 1.29 is 32.3 Å². The normalized spacial score (nSPS) is 15.2. The second-order valence-corrected chi connectivity index (χ2v) is 9.29. The summed E-state index contributed by atoms with van der Waals surface area (Å²) in [7, 11) is 1.51. The molecule has 2 aromatic carbocycles. The number of pyridine rings is 1. The lowest BCUT2D eigenvalue weighted by molar-refractivity contribution is -0.140. The lowest BCUT2D eigenvalue weighted by atomic mass is 10.0. The molecule has 1 atom stereocenters. The number of carbonyl (C=O) groups is 2. The first-order valence-electron chi connectivity index (χ1n) is 11.2. The molecule has 3 N–H and O–H groups in total. The van der Waals surface area contributed by atoms with Crippen molar-refractivity contribution in [2.75, 3.05) is 12.4 Å². The molecule has 0 saturated carbocycles. The maximum absolute atomic E-state index is 13.7. The van der Waals surface area contributed by atoms with Crippen LogP contribution in [0.5, 0.6) is 5.75 Å². The number of benzene rings is 2. The molecule has 0 radical (unpaired) electrons. The molecule has 0 bridgehead atoms. The summed E-state index contributed by atoms with van der Waals surface area (Å²) in [6.45, 7) is 0. The highest BCUT2D eigenvalue weighted by Gasteiger charge is 2.36. The molecule has 5 rings (SSSR count). The molecule has 0 saturated heterocycles. The number of oxime groups is 1. The zero-order chi connectivity index (χ0) is 27.0. The summed E-state index contributed by atoms with van der Waals surface area (Å²) < 4.78 is 46.3. The molecule has 2 amide bonds. The smallest absolute Gasteiger partial charge is 0.433 e. The second-order valence-electron chi connectivity index (χ2n) is 8.30. The number of methoxy groups -OCH3 is 1. The summed E-state index contributed by atoms with van der Waals surface area (Å²) >= 11 is 0.672. The second kappa shape index (κ2) is 9.78. The van der Waals surface area contributed by atoms with Gasteiger partial charge in [0.15, 0.2) is 0 Å². The van der Waals surface area contributed by atoms with E-state index < -0.39 is 29.8 Å². The van der Waals surface area contributed by atoms with Gasteiger partial charge >= 0.3 is 6.18 Å².